The normalized spacial score (nSPS) is 38.6. The Labute approximate surface area is 92.3 Å². The molecular weight excluding hydrogens is 200 g/mol. The average Bonchev–Trinajstić information content (AvgIpc) is 2.71. The fourth-order valence-corrected chi connectivity index (χ4v) is 2.52. The average molecular weight is 221 g/mol. The van der Waals surface area contributed by atoms with Gasteiger partial charge in [-0.2, -0.15) is 0 Å². The van der Waals surface area contributed by atoms with Crippen molar-refractivity contribution in [1.29, 1.82) is 0 Å². The molecule has 3 nitrogen and oxygen atoms in total. The van der Waals surface area contributed by atoms with Crippen LogP contribution >= 0.6 is 12.4 Å². The molecule has 3 atom stereocenters. The molecule has 4 heteroatoms. The maximum absolute atomic E-state index is 9.70. The van der Waals surface area contributed by atoms with Crippen LogP contribution in [0.3, 0.4) is 0 Å². The maximum atomic E-state index is 9.70. The predicted molar refractivity (Wildman–Crippen MR) is 59.9 cm³/mol. The molecular formula is C10H21ClN2O. The van der Waals surface area contributed by atoms with E-state index < -0.39 is 0 Å². The topological polar surface area (TPSA) is 35.5 Å². The van der Waals surface area contributed by atoms with Gasteiger partial charge >= 0.3 is 0 Å². The molecule has 2 saturated heterocycles. The van der Waals surface area contributed by atoms with E-state index in [1.807, 2.05) is 0 Å². The van der Waals surface area contributed by atoms with Crippen molar-refractivity contribution in [3.63, 3.8) is 0 Å². The number of nitrogens with zero attached hydrogens (tertiary/aromatic N) is 1. The molecule has 0 aromatic rings. The van der Waals surface area contributed by atoms with Gasteiger partial charge in [0, 0.05) is 25.7 Å². The van der Waals surface area contributed by atoms with E-state index in [0.29, 0.717) is 6.04 Å². The molecule has 0 amide bonds. The molecule has 0 saturated carbocycles. The first kappa shape index (κ1) is 12.2. The largest absolute Gasteiger partial charge is 0.390 e. The minimum Gasteiger partial charge on any atom is -0.390 e. The number of nitrogens with one attached hydrogen (secondary N) is 1. The highest BCUT2D eigenvalue weighted by molar-refractivity contribution is 5.85. The summed E-state index contributed by atoms with van der Waals surface area (Å²) < 4.78 is 0. The molecule has 0 aromatic carbocycles. The predicted octanol–water partition coefficient (Wildman–Crippen LogP) is 0.473. The van der Waals surface area contributed by atoms with Crippen LogP contribution in [0.5, 0.6) is 0 Å². The zero-order chi connectivity index (χ0) is 9.26. The van der Waals surface area contributed by atoms with Gasteiger partial charge in [-0.1, -0.05) is 13.3 Å². The molecule has 2 aliphatic rings. The van der Waals surface area contributed by atoms with Crippen LogP contribution < -0.4 is 5.32 Å². The Kier molecular flexibility index (Phi) is 4.64. The quantitative estimate of drug-likeness (QED) is 0.711. The number of halogens is 1. The van der Waals surface area contributed by atoms with E-state index in [1.165, 1.54) is 25.9 Å². The summed E-state index contributed by atoms with van der Waals surface area (Å²) in [6.07, 6.45) is 2.46. The summed E-state index contributed by atoms with van der Waals surface area (Å²) >= 11 is 0. The molecule has 2 heterocycles. The number of aliphatic hydroxyl groups excluding tert-OH is 1. The molecule has 2 aliphatic heterocycles. The Morgan fingerprint density at radius 2 is 2.21 bits per heavy atom. The molecule has 0 bridgehead atoms. The lowest BCUT2D eigenvalue weighted by Gasteiger charge is -2.25. The van der Waals surface area contributed by atoms with Crippen LogP contribution in [0.25, 0.3) is 0 Å². The van der Waals surface area contributed by atoms with Crippen molar-refractivity contribution < 1.29 is 5.11 Å². The van der Waals surface area contributed by atoms with E-state index in [4.69, 9.17) is 0 Å². The van der Waals surface area contributed by atoms with Crippen LogP contribution in [0.1, 0.15) is 19.8 Å². The highest BCUT2D eigenvalue weighted by atomic mass is 35.5. The lowest BCUT2D eigenvalue weighted by molar-refractivity contribution is 0.0960. The second-order valence-corrected chi connectivity index (χ2v) is 4.35. The number of aliphatic hydroxyl groups is 1. The van der Waals surface area contributed by atoms with Crippen molar-refractivity contribution in [2.45, 2.75) is 31.9 Å². The Morgan fingerprint density at radius 1 is 1.43 bits per heavy atom. The Hall–Kier alpha value is 0.170. The van der Waals surface area contributed by atoms with Gasteiger partial charge in [0.25, 0.3) is 0 Å². The fraction of sp³-hybridized carbons (Fsp3) is 1.00. The second kappa shape index (κ2) is 5.31. The van der Waals surface area contributed by atoms with Crippen molar-refractivity contribution >= 4 is 12.4 Å². The van der Waals surface area contributed by atoms with Gasteiger partial charge in [-0.3, -0.25) is 4.90 Å². The third kappa shape index (κ3) is 2.40. The van der Waals surface area contributed by atoms with E-state index in [0.717, 1.165) is 19.0 Å². The summed E-state index contributed by atoms with van der Waals surface area (Å²) in [5.41, 5.74) is 0. The van der Waals surface area contributed by atoms with Crippen molar-refractivity contribution in [3.8, 4) is 0 Å². The first-order valence-electron chi connectivity index (χ1n) is 5.44. The lowest BCUT2D eigenvalue weighted by Crippen LogP contribution is -2.41. The monoisotopic (exact) mass is 220 g/mol. The zero-order valence-corrected chi connectivity index (χ0v) is 9.59. The molecule has 0 aliphatic carbocycles. The van der Waals surface area contributed by atoms with E-state index >= 15 is 0 Å². The number of hydrogen-bond acceptors (Lipinski definition) is 3. The molecule has 14 heavy (non-hydrogen) atoms. The number of hydrogen-bond donors (Lipinski definition) is 2. The standard InChI is InChI=1S/C10H20N2O.ClH/c1-2-8-3-4-12(7-8)9-5-11-6-10(9)13;/h8-11,13H,2-7H2,1H3;1H/t8?,9-,10-;/m1./s1. The summed E-state index contributed by atoms with van der Waals surface area (Å²) in [4.78, 5) is 2.46. The Morgan fingerprint density at radius 3 is 2.71 bits per heavy atom. The molecule has 0 spiro atoms. The van der Waals surface area contributed by atoms with Crippen molar-refractivity contribution in [3.05, 3.63) is 0 Å². The van der Waals surface area contributed by atoms with Gasteiger partial charge in [0.2, 0.25) is 0 Å². The molecule has 0 aromatic heterocycles. The van der Waals surface area contributed by atoms with Gasteiger partial charge in [0.05, 0.1) is 6.10 Å². The summed E-state index contributed by atoms with van der Waals surface area (Å²) in [6, 6.07) is 0.386. The third-order valence-corrected chi connectivity index (χ3v) is 3.51. The SMILES string of the molecule is CCC1CCN([C@@H]2CNC[C@H]2O)C1.Cl. The first-order chi connectivity index (χ1) is 6.31. The number of likely N-dealkylation sites (tertiary alicyclic amines) is 1. The lowest BCUT2D eigenvalue weighted by atomic mass is 10.1. The highest BCUT2D eigenvalue weighted by Gasteiger charge is 2.34. The zero-order valence-electron chi connectivity index (χ0n) is 8.78. The summed E-state index contributed by atoms with van der Waals surface area (Å²) in [6.45, 7) is 6.38. The smallest absolute Gasteiger partial charge is 0.0831 e. The van der Waals surface area contributed by atoms with Crippen LogP contribution in [-0.4, -0.2) is 48.3 Å². The van der Waals surface area contributed by atoms with Crippen LogP contribution in [0.15, 0.2) is 0 Å². The molecule has 2 N–H and O–H groups in total. The molecule has 2 rings (SSSR count). The fourth-order valence-electron chi connectivity index (χ4n) is 2.52. The van der Waals surface area contributed by atoms with Gasteiger partial charge in [-0.05, 0) is 18.9 Å². The first-order valence-corrected chi connectivity index (χ1v) is 5.44. The molecule has 2 fully saturated rings. The van der Waals surface area contributed by atoms with E-state index in [-0.39, 0.29) is 18.5 Å². The van der Waals surface area contributed by atoms with Gasteiger partial charge in [0.1, 0.15) is 0 Å². The van der Waals surface area contributed by atoms with Crippen LogP contribution in [0, 0.1) is 5.92 Å². The highest BCUT2D eigenvalue weighted by Crippen LogP contribution is 2.23. The summed E-state index contributed by atoms with van der Waals surface area (Å²) in [5.74, 6) is 0.868. The maximum Gasteiger partial charge on any atom is 0.0831 e. The van der Waals surface area contributed by atoms with Gasteiger partial charge < -0.3 is 10.4 Å². The third-order valence-electron chi connectivity index (χ3n) is 3.51. The molecule has 84 valence electrons. The van der Waals surface area contributed by atoms with E-state index in [2.05, 4.69) is 17.1 Å². The molecule has 0 radical (unpaired) electrons. The summed E-state index contributed by atoms with van der Waals surface area (Å²) in [7, 11) is 0. The number of β-amino-alcohol motifs (C(OH)–C–C–N with tert-alkyl or cyclic N) is 1. The van der Waals surface area contributed by atoms with Crippen molar-refractivity contribution in [2.24, 2.45) is 5.92 Å². The van der Waals surface area contributed by atoms with Gasteiger partial charge in [0.15, 0.2) is 0 Å². The summed E-state index contributed by atoms with van der Waals surface area (Å²) in [5, 5.41) is 12.9. The van der Waals surface area contributed by atoms with Crippen molar-refractivity contribution in [1.82, 2.24) is 10.2 Å². The van der Waals surface area contributed by atoms with Gasteiger partial charge in [-0.15, -0.1) is 12.4 Å². The van der Waals surface area contributed by atoms with Crippen LogP contribution in [0.4, 0.5) is 0 Å². The number of rotatable bonds is 2. The molecule has 1 unspecified atom stereocenters. The minimum absolute atomic E-state index is 0. The second-order valence-electron chi connectivity index (χ2n) is 4.35. The Balaban J connectivity index is 0.000000980. The van der Waals surface area contributed by atoms with Crippen LogP contribution in [0.2, 0.25) is 0 Å². The Bertz CT molecular complexity index is 180. The van der Waals surface area contributed by atoms with E-state index in [1.54, 1.807) is 0 Å². The van der Waals surface area contributed by atoms with Crippen molar-refractivity contribution in [2.75, 3.05) is 26.2 Å². The van der Waals surface area contributed by atoms with Crippen LogP contribution in [-0.2, 0) is 0 Å². The van der Waals surface area contributed by atoms with Gasteiger partial charge in [-0.25, -0.2) is 0 Å². The van der Waals surface area contributed by atoms with E-state index in [9.17, 15) is 5.11 Å². The minimum atomic E-state index is -0.143.